The van der Waals surface area contributed by atoms with Gasteiger partial charge in [0.15, 0.2) is 23.2 Å². The summed E-state index contributed by atoms with van der Waals surface area (Å²) in [5.41, 5.74) is 0.949. The Hall–Kier alpha value is -2.29. The number of nitrogens with zero attached hydrogens (tertiary/aromatic N) is 4. The highest BCUT2D eigenvalue weighted by Gasteiger charge is 2.44. The van der Waals surface area contributed by atoms with E-state index in [-0.39, 0.29) is 19.3 Å². The molecule has 2 aliphatic rings. The molecule has 4 N–H and O–H groups in total. The zero-order chi connectivity index (χ0) is 19.7. The van der Waals surface area contributed by atoms with Crippen LogP contribution in [0.2, 0.25) is 0 Å². The number of terminal acetylenes is 1. The Bertz CT molecular complexity index is 868. The van der Waals surface area contributed by atoms with Crippen LogP contribution >= 0.6 is 0 Å². The lowest BCUT2D eigenvalue weighted by Gasteiger charge is -2.18. The number of hydrogen-bond donors (Lipinski definition) is 4. The molecule has 1 saturated carbocycles. The predicted octanol–water partition coefficient (Wildman–Crippen LogP) is -0.579. The van der Waals surface area contributed by atoms with Gasteiger partial charge in [-0.05, 0) is 19.3 Å². The molecule has 1 aliphatic heterocycles. The van der Waals surface area contributed by atoms with Crippen molar-refractivity contribution in [1.29, 1.82) is 0 Å². The molecule has 1 aliphatic carbocycles. The zero-order valence-electron chi connectivity index (χ0n) is 15.2. The van der Waals surface area contributed by atoms with E-state index in [0.717, 1.165) is 19.3 Å². The zero-order valence-corrected chi connectivity index (χ0v) is 15.2. The van der Waals surface area contributed by atoms with Crippen molar-refractivity contribution in [3.63, 3.8) is 0 Å². The third-order valence-electron chi connectivity index (χ3n) is 5.24. The molecule has 10 heteroatoms. The van der Waals surface area contributed by atoms with Gasteiger partial charge >= 0.3 is 0 Å². The van der Waals surface area contributed by atoms with Gasteiger partial charge in [-0.3, -0.25) is 4.57 Å². The first-order valence-electron chi connectivity index (χ1n) is 9.25. The van der Waals surface area contributed by atoms with Gasteiger partial charge < -0.3 is 30.1 Å². The fourth-order valence-corrected chi connectivity index (χ4v) is 3.76. The number of rotatable bonds is 6. The van der Waals surface area contributed by atoms with Crippen molar-refractivity contribution in [3.05, 3.63) is 12.7 Å². The van der Waals surface area contributed by atoms with E-state index >= 15 is 0 Å². The number of fused-ring (bicyclic) bond motifs is 1. The van der Waals surface area contributed by atoms with E-state index < -0.39 is 30.6 Å². The second-order valence-electron chi connectivity index (χ2n) is 7.06. The Morgan fingerprint density at radius 1 is 1.25 bits per heavy atom. The topological polar surface area (TPSA) is 135 Å². The van der Waals surface area contributed by atoms with E-state index in [1.807, 2.05) is 0 Å². The van der Waals surface area contributed by atoms with Crippen LogP contribution in [-0.2, 0) is 9.47 Å². The Morgan fingerprint density at radius 2 is 2.11 bits per heavy atom. The van der Waals surface area contributed by atoms with Gasteiger partial charge in [0.05, 0.1) is 25.1 Å². The molecule has 6 unspecified atom stereocenters. The normalized spacial score (nSPS) is 32.6. The van der Waals surface area contributed by atoms with Gasteiger partial charge in [-0.2, -0.15) is 0 Å². The molecule has 150 valence electrons. The van der Waals surface area contributed by atoms with Crippen LogP contribution in [0.15, 0.2) is 12.7 Å². The maximum atomic E-state index is 10.4. The molecule has 28 heavy (non-hydrogen) atoms. The summed E-state index contributed by atoms with van der Waals surface area (Å²) in [4.78, 5) is 12.9. The molecule has 10 nitrogen and oxygen atoms in total. The van der Waals surface area contributed by atoms with Crippen LogP contribution in [0.4, 0.5) is 5.82 Å². The van der Waals surface area contributed by atoms with Crippen molar-refractivity contribution in [3.8, 4) is 12.3 Å². The van der Waals surface area contributed by atoms with E-state index in [9.17, 15) is 15.3 Å². The average Bonchev–Trinajstić information content (AvgIpc) is 3.37. The Labute approximate surface area is 161 Å². The minimum atomic E-state index is -1.18. The lowest BCUT2D eigenvalue weighted by atomic mass is 10.1. The van der Waals surface area contributed by atoms with E-state index in [4.69, 9.17) is 15.9 Å². The minimum Gasteiger partial charge on any atom is -0.391 e. The Balaban J connectivity index is 1.56. The Morgan fingerprint density at radius 3 is 2.86 bits per heavy atom. The molecule has 3 heterocycles. The molecule has 0 spiro atoms. The fraction of sp³-hybridized carbons (Fsp3) is 0.611. The molecular weight excluding hydrogens is 366 g/mol. The molecule has 6 atom stereocenters. The van der Waals surface area contributed by atoms with Gasteiger partial charge in [0, 0.05) is 0 Å². The predicted molar refractivity (Wildman–Crippen MR) is 98.2 cm³/mol. The number of nitrogens with one attached hydrogen (secondary N) is 1. The molecule has 4 rings (SSSR count). The number of aliphatic hydroxyl groups excluding tert-OH is 3. The summed E-state index contributed by atoms with van der Waals surface area (Å²) < 4.78 is 12.6. The summed E-state index contributed by atoms with van der Waals surface area (Å²) in [6, 6.07) is -0.0870. The van der Waals surface area contributed by atoms with Gasteiger partial charge in [0.2, 0.25) is 0 Å². The molecular formula is C18H23N5O5. The molecule has 0 radical (unpaired) electrons. The van der Waals surface area contributed by atoms with E-state index in [1.54, 1.807) is 4.57 Å². The lowest BCUT2D eigenvalue weighted by Crippen LogP contribution is -2.33. The number of anilines is 1. The van der Waals surface area contributed by atoms with Crippen molar-refractivity contribution >= 4 is 17.0 Å². The van der Waals surface area contributed by atoms with Crippen LogP contribution in [0, 0.1) is 12.3 Å². The summed E-state index contributed by atoms with van der Waals surface area (Å²) in [5.74, 6) is 2.85. The van der Waals surface area contributed by atoms with Crippen molar-refractivity contribution in [2.24, 2.45) is 0 Å². The third kappa shape index (κ3) is 3.43. The van der Waals surface area contributed by atoms with Crippen LogP contribution in [0.3, 0.4) is 0 Å². The maximum absolute atomic E-state index is 10.4. The largest absolute Gasteiger partial charge is 0.391 e. The highest BCUT2D eigenvalue weighted by atomic mass is 16.6. The van der Waals surface area contributed by atoms with Crippen LogP contribution in [-0.4, -0.2) is 78.5 Å². The van der Waals surface area contributed by atoms with Gasteiger partial charge in [0.25, 0.3) is 0 Å². The first-order valence-corrected chi connectivity index (χ1v) is 9.25. The van der Waals surface area contributed by atoms with Gasteiger partial charge in [-0.1, -0.05) is 5.92 Å². The monoisotopic (exact) mass is 389 g/mol. The van der Waals surface area contributed by atoms with E-state index in [2.05, 4.69) is 26.2 Å². The standard InChI is InChI=1S/C18H23N5O5/c1-2-6-27-7-12-14(25)15(26)18(28-12)23-9-21-13-16(19-8-20-17(13)23)22-10-4-3-5-11(10)24/h1,8-12,14-15,18,24-26H,3-7H2,(H,19,20,22). The minimum absolute atomic E-state index is 0.0624. The first kappa shape index (κ1) is 19.0. The summed E-state index contributed by atoms with van der Waals surface area (Å²) in [5, 5.41) is 34.0. The molecule has 1 saturated heterocycles. The smallest absolute Gasteiger partial charge is 0.167 e. The molecule has 0 aromatic carbocycles. The highest BCUT2D eigenvalue weighted by Crippen LogP contribution is 2.33. The summed E-state index contributed by atoms with van der Waals surface area (Å²) in [6.07, 6.45) is 6.24. The molecule has 0 bridgehead atoms. The quantitative estimate of drug-likeness (QED) is 0.378. The number of imidazole rings is 1. The second-order valence-corrected chi connectivity index (χ2v) is 7.06. The van der Waals surface area contributed by atoms with Crippen LogP contribution in [0.5, 0.6) is 0 Å². The van der Waals surface area contributed by atoms with Crippen molar-refractivity contribution in [2.45, 2.75) is 55.9 Å². The number of hydrogen-bond acceptors (Lipinski definition) is 9. The van der Waals surface area contributed by atoms with Crippen molar-refractivity contribution in [1.82, 2.24) is 19.5 Å². The van der Waals surface area contributed by atoms with Gasteiger partial charge in [0.1, 0.15) is 31.2 Å². The van der Waals surface area contributed by atoms with Gasteiger partial charge in [-0.25, -0.2) is 15.0 Å². The molecule has 0 amide bonds. The molecule has 2 aromatic heterocycles. The van der Waals surface area contributed by atoms with E-state index in [1.165, 1.54) is 12.7 Å². The Kier molecular flexibility index (Phi) is 5.43. The average molecular weight is 389 g/mol. The van der Waals surface area contributed by atoms with Crippen LogP contribution in [0.1, 0.15) is 25.5 Å². The maximum Gasteiger partial charge on any atom is 0.167 e. The number of aromatic nitrogens is 4. The highest BCUT2D eigenvalue weighted by molar-refractivity contribution is 5.82. The van der Waals surface area contributed by atoms with E-state index in [0.29, 0.717) is 17.0 Å². The van der Waals surface area contributed by atoms with Crippen molar-refractivity contribution in [2.75, 3.05) is 18.5 Å². The third-order valence-corrected chi connectivity index (χ3v) is 5.24. The summed E-state index contributed by atoms with van der Waals surface area (Å²) in [6.45, 7) is 0.156. The number of ether oxygens (including phenoxy) is 2. The molecule has 2 fully saturated rings. The molecule has 2 aromatic rings. The fourth-order valence-electron chi connectivity index (χ4n) is 3.76. The van der Waals surface area contributed by atoms with Crippen LogP contribution in [0.25, 0.3) is 11.2 Å². The number of aliphatic hydroxyl groups is 3. The van der Waals surface area contributed by atoms with Gasteiger partial charge in [-0.15, -0.1) is 6.42 Å². The second kappa shape index (κ2) is 7.98. The summed E-state index contributed by atoms with van der Waals surface area (Å²) >= 11 is 0. The first-order chi connectivity index (χ1) is 13.6. The van der Waals surface area contributed by atoms with Crippen LogP contribution < -0.4 is 5.32 Å². The lowest BCUT2D eigenvalue weighted by molar-refractivity contribution is -0.0615. The van der Waals surface area contributed by atoms with Crippen molar-refractivity contribution < 1.29 is 24.8 Å². The summed E-state index contributed by atoms with van der Waals surface area (Å²) in [7, 11) is 0. The SMILES string of the molecule is C#CCOCC1OC(n2cnc3c(NC4CCCC4O)ncnc32)C(O)C1O.